The van der Waals surface area contributed by atoms with E-state index in [1.54, 1.807) is 12.1 Å². The van der Waals surface area contributed by atoms with Crippen molar-refractivity contribution < 1.29 is 4.39 Å². The highest BCUT2D eigenvalue weighted by Gasteiger charge is 2.08. The smallest absolute Gasteiger partial charge is 0.123 e. The van der Waals surface area contributed by atoms with Crippen LogP contribution in [0, 0.1) is 5.82 Å². The van der Waals surface area contributed by atoms with Crippen LogP contribution in [0.4, 0.5) is 15.8 Å². The summed E-state index contributed by atoms with van der Waals surface area (Å²) in [6, 6.07) is 12.6. The Morgan fingerprint density at radius 3 is 2.33 bits per heavy atom. The van der Waals surface area contributed by atoms with E-state index in [0.29, 0.717) is 0 Å². The molecule has 0 aliphatic carbocycles. The molecular weight excluding hydrogens is 361 g/mol. The minimum absolute atomic E-state index is 0.221. The van der Waals surface area contributed by atoms with E-state index in [1.807, 2.05) is 18.0 Å². The van der Waals surface area contributed by atoms with Gasteiger partial charge in [-0.3, -0.25) is 0 Å². The zero-order valence-corrected chi connectivity index (χ0v) is 13.0. The van der Waals surface area contributed by atoms with E-state index in [-0.39, 0.29) is 5.82 Å². The molecule has 4 heteroatoms. The maximum Gasteiger partial charge on any atom is 0.123 e. The van der Waals surface area contributed by atoms with Gasteiger partial charge in [-0.25, -0.2) is 4.39 Å². The van der Waals surface area contributed by atoms with Crippen LogP contribution < -0.4 is 4.90 Å². The SMILES string of the molecule is CN(c1ccc(F)cc1)c1ccc(CBr)cc1Br. The molecule has 0 bridgehead atoms. The van der Waals surface area contributed by atoms with Crippen molar-refractivity contribution in [1.82, 2.24) is 0 Å². The quantitative estimate of drug-likeness (QED) is 0.665. The summed E-state index contributed by atoms with van der Waals surface area (Å²) in [7, 11) is 1.96. The molecule has 0 amide bonds. The Morgan fingerprint density at radius 1 is 1.11 bits per heavy atom. The highest BCUT2D eigenvalue weighted by Crippen LogP contribution is 2.32. The molecule has 0 radical (unpaired) electrons. The van der Waals surface area contributed by atoms with Gasteiger partial charge in [-0.1, -0.05) is 22.0 Å². The molecule has 0 aliphatic heterocycles. The summed E-state index contributed by atoms with van der Waals surface area (Å²) in [6.45, 7) is 0. The van der Waals surface area contributed by atoms with Crippen LogP contribution in [0.2, 0.25) is 0 Å². The monoisotopic (exact) mass is 371 g/mol. The van der Waals surface area contributed by atoms with Gasteiger partial charge in [0.15, 0.2) is 0 Å². The molecule has 2 aromatic rings. The van der Waals surface area contributed by atoms with Gasteiger partial charge < -0.3 is 4.90 Å². The second-order valence-electron chi connectivity index (χ2n) is 3.95. The zero-order valence-electron chi connectivity index (χ0n) is 9.83. The highest BCUT2D eigenvalue weighted by atomic mass is 79.9. The number of hydrogen-bond acceptors (Lipinski definition) is 1. The lowest BCUT2D eigenvalue weighted by Gasteiger charge is -2.21. The minimum atomic E-state index is -0.221. The highest BCUT2D eigenvalue weighted by molar-refractivity contribution is 9.10. The van der Waals surface area contributed by atoms with Gasteiger partial charge in [0.25, 0.3) is 0 Å². The number of hydrogen-bond donors (Lipinski definition) is 0. The summed E-state index contributed by atoms with van der Waals surface area (Å²) < 4.78 is 13.9. The van der Waals surface area contributed by atoms with Gasteiger partial charge >= 0.3 is 0 Å². The lowest BCUT2D eigenvalue weighted by molar-refractivity contribution is 0.628. The molecule has 0 saturated heterocycles. The molecule has 0 saturated carbocycles. The van der Waals surface area contributed by atoms with Crippen molar-refractivity contribution in [1.29, 1.82) is 0 Å². The first kappa shape index (κ1) is 13.6. The molecule has 2 aromatic carbocycles. The van der Waals surface area contributed by atoms with Crippen molar-refractivity contribution in [3.63, 3.8) is 0 Å². The molecule has 0 heterocycles. The molecule has 0 unspecified atom stereocenters. The Morgan fingerprint density at radius 2 is 1.78 bits per heavy atom. The molecule has 1 nitrogen and oxygen atoms in total. The third-order valence-electron chi connectivity index (χ3n) is 2.74. The molecular formula is C14H12Br2FN. The predicted octanol–water partition coefficient (Wildman–Crippen LogP) is 5.25. The normalized spacial score (nSPS) is 10.4. The summed E-state index contributed by atoms with van der Waals surface area (Å²) in [5, 5.41) is 0.826. The van der Waals surface area contributed by atoms with Crippen LogP contribution in [0.25, 0.3) is 0 Å². The first-order chi connectivity index (χ1) is 8.61. The first-order valence-corrected chi connectivity index (χ1v) is 7.37. The van der Waals surface area contributed by atoms with Crippen LogP contribution in [0.5, 0.6) is 0 Å². The molecule has 2 rings (SSSR count). The second-order valence-corrected chi connectivity index (χ2v) is 5.37. The molecule has 0 aliphatic rings. The van der Waals surface area contributed by atoms with Gasteiger partial charge in [-0.2, -0.15) is 0 Å². The number of nitrogens with zero attached hydrogens (tertiary/aromatic N) is 1. The fourth-order valence-corrected chi connectivity index (χ4v) is 2.75. The van der Waals surface area contributed by atoms with Crippen molar-refractivity contribution >= 4 is 43.2 Å². The maximum atomic E-state index is 12.9. The van der Waals surface area contributed by atoms with Crippen LogP contribution in [0.3, 0.4) is 0 Å². The van der Waals surface area contributed by atoms with Crippen molar-refractivity contribution in [2.45, 2.75) is 5.33 Å². The fourth-order valence-electron chi connectivity index (χ4n) is 1.71. The minimum Gasteiger partial charge on any atom is -0.344 e. The van der Waals surface area contributed by atoms with Gasteiger partial charge in [0.05, 0.1) is 5.69 Å². The topological polar surface area (TPSA) is 3.24 Å². The molecule has 94 valence electrons. The summed E-state index contributed by atoms with van der Waals surface area (Å²) >= 11 is 6.99. The van der Waals surface area contributed by atoms with E-state index in [4.69, 9.17) is 0 Å². The van der Waals surface area contributed by atoms with Crippen LogP contribution in [-0.4, -0.2) is 7.05 Å². The van der Waals surface area contributed by atoms with E-state index in [0.717, 1.165) is 21.2 Å². The standard InChI is InChI=1S/C14H12Br2FN/c1-18(12-5-3-11(17)4-6-12)14-7-2-10(9-15)8-13(14)16/h2-8H,9H2,1H3. The third-order valence-corrected chi connectivity index (χ3v) is 4.02. The number of benzene rings is 2. The Hall–Kier alpha value is -0.870. The van der Waals surface area contributed by atoms with Crippen molar-refractivity contribution in [3.05, 3.63) is 58.3 Å². The molecule has 0 spiro atoms. The summed E-state index contributed by atoms with van der Waals surface area (Å²) in [4.78, 5) is 2.02. The molecule has 0 aromatic heterocycles. The zero-order chi connectivity index (χ0) is 13.1. The van der Waals surface area contributed by atoms with Gasteiger partial charge in [-0.15, -0.1) is 0 Å². The Bertz CT molecular complexity index is 540. The molecule has 0 N–H and O–H groups in total. The Kier molecular flexibility index (Phi) is 4.40. The number of alkyl halides is 1. The van der Waals surface area contributed by atoms with Gasteiger partial charge in [0.1, 0.15) is 5.82 Å². The van der Waals surface area contributed by atoms with Crippen molar-refractivity contribution in [2.75, 3.05) is 11.9 Å². The van der Waals surface area contributed by atoms with Crippen molar-refractivity contribution in [3.8, 4) is 0 Å². The van der Waals surface area contributed by atoms with Crippen LogP contribution in [-0.2, 0) is 5.33 Å². The Labute approximate surface area is 123 Å². The second kappa shape index (κ2) is 5.85. The van der Waals surface area contributed by atoms with Crippen LogP contribution in [0.1, 0.15) is 5.56 Å². The number of rotatable bonds is 3. The van der Waals surface area contributed by atoms with Crippen LogP contribution >= 0.6 is 31.9 Å². The van der Waals surface area contributed by atoms with E-state index in [2.05, 4.69) is 44.0 Å². The van der Waals surface area contributed by atoms with Gasteiger partial charge in [0.2, 0.25) is 0 Å². The lowest BCUT2D eigenvalue weighted by atomic mass is 10.2. The fraction of sp³-hybridized carbons (Fsp3) is 0.143. The predicted molar refractivity (Wildman–Crippen MR) is 81.2 cm³/mol. The van der Waals surface area contributed by atoms with E-state index < -0.39 is 0 Å². The average molecular weight is 373 g/mol. The van der Waals surface area contributed by atoms with E-state index >= 15 is 0 Å². The first-order valence-electron chi connectivity index (χ1n) is 5.45. The lowest BCUT2D eigenvalue weighted by Crippen LogP contribution is -2.10. The summed E-state index contributed by atoms with van der Waals surface area (Å²) in [5.74, 6) is -0.221. The summed E-state index contributed by atoms with van der Waals surface area (Å²) in [5.41, 5.74) is 3.20. The molecule has 18 heavy (non-hydrogen) atoms. The van der Waals surface area contributed by atoms with E-state index in [1.165, 1.54) is 17.7 Å². The number of anilines is 2. The van der Waals surface area contributed by atoms with Gasteiger partial charge in [-0.05, 0) is 57.9 Å². The Balaban J connectivity index is 2.33. The van der Waals surface area contributed by atoms with Crippen LogP contribution in [0.15, 0.2) is 46.9 Å². The molecule has 0 atom stereocenters. The van der Waals surface area contributed by atoms with E-state index in [9.17, 15) is 4.39 Å². The number of halogens is 3. The third kappa shape index (κ3) is 2.93. The largest absolute Gasteiger partial charge is 0.344 e. The summed E-state index contributed by atoms with van der Waals surface area (Å²) in [6.07, 6.45) is 0. The average Bonchev–Trinajstić information content (AvgIpc) is 2.38. The van der Waals surface area contributed by atoms with Gasteiger partial charge in [0, 0.05) is 22.5 Å². The molecule has 0 fully saturated rings. The maximum absolute atomic E-state index is 12.9. The van der Waals surface area contributed by atoms with Crippen molar-refractivity contribution in [2.24, 2.45) is 0 Å².